The quantitative estimate of drug-likeness (QED) is 0.539. The number of carbonyl (C=O) groups is 1. The van der Waals surface area contributed by atoms with Crippen molar-refractivity contribution in [1.82, 2.24) is 15.0 Å². The van der Waals surface area contributed by atoms with Gasteiger partial charge in [-0.1, -0.05) is 24.3 Å². The van der Waals surface area contributed by atoms with Gasteiger partial charge < -0.3 is 10.6 Å². The summed E-state index contributed by atoms with van der Waals surface area (Å²) >= 11 is 1.75. The second kappa shape index (κ2) is 7.13. The van der Waals surface area contributed by atoms with E-state index in [-0.39, 0.29) is 5.91 Å². The van der Waals surface area contributed by atoms with E-state index in [4.69, 9.17) is 15.7 Å². The summed E-state index contributed by atoms with van der Waals surface area (Å²) < 4.78 is 0. The number of fused-ring (bicyclic) bond motifs is 4. The first-order valence-electron chi connectivity index (χ1n) is 10.5. The van der Waals surface area contributed by atoms with Crippen molar-refractivity contribution in [1.29, 1.82) is 0 Å². The van der Waals surface area contributed by atoms with Crippen molar-refractivity contribution < 1.29 is 4.79 Å². The number of amides is 1. The van der Waals surface area contributed by atoms with E-state index >= 15 is 0 Å². The molecule has 1 aliphatic heterocycles. The van der Waals surface area contributed by atoms with Crippen molar-refractivity contribution in [2.75, 3.05) is 4.90 Å². The number of anilines is 1. The monoisotopic (exact) mass is 427 g/mol. The van der Waals surface area contributed by atoms with E-state index in [1.165, 1.54) is 21.6 Å². The molecule has 1 amide bonds. The number of aromatic nitrogens is 3. The lowest BCUT2D eigenvalue weighted by Crippen LogP contribution is -2.49. The van der Waals surface area contributed by atoms with Crippen LogP contribution in [0.1, 0.15) is 28.0 Å². The Balaban J connectivity index is 1.59. The molecule has 1 atom stereocenters. The summed E-state index contributed by atoms with van der Waals surface area (Å²) in [7, 11) is 0. The van der Waals surface area contributed by atoms with Crippen LogP contribution in [0.5, 0.6) is 0 Å². The number of hydrogen-bond acceptors (Lipinski definition) is 6. The Hall–Kier alpha value is -3.32. The van der Waals surface area contributed by atoms with Gasteiger partial charge in [-0.3, -0.25) is 9.78 Å². The second-order valence-corrected chi connectivity index (χ2v) is 9.25. The van der Waals surface area contributed by atoms with Gasteiger partial charge >= 0.3 is 0 Å². The van der Waals surface area contributed by atoms with Crippen molar-refractivity contribution in [2.24, 2.45) is 5.73 Å². The van der Waals surface area contributed by atoms with Gasteiger partial charge in [0.1, 0.15) is 16.7 Å². The van der Waals surface area contributed by atoms with Gasteiger partial charge in [0, 0.05) is 35.8 Å². The molecule has 0 spiro atoms. The molecular weight excluding hydrogens is 406 g/mol. The molecule has 0 saturated carbocycles. The predicted molar refractivity (Wildman–Crippen MR) is 122 cm³/mol. The minimum atomic E-state index is -0.438. The maximum atomic E-state index is 12.5. The van der Waals surface area contributed by atoms with Crippen LogP contribution in [-0.2, 0) is 30.6 Å². The zero-order chi connectivity index (χ0) is 20.9. The van der Waals surface area contributed by atoms with Gasteiger partial charge in [-0.15, -0.1) is 11.3 Å². The van der Waals surface area contributed by atoms with Gasteiger partial charge in [-0.25, -0.2) is 9.97 Å². The molecule has 4 aromatic rings. The average Bonchev–Trinajstić information content (AvgIpc) is 3.39. The van der Waals surface area contributed by atoms with E-state index in [0.717, 1.165) is 40.9 Å². The Morgan fingerprint density at radius 3 is 2.77 bits per heavy atom. The maximum absolute atomic E-state index is 12.5. The number of thiophene rings is 1. The van der Waals surface area contributed by atoms with Gasteiger partial charge in [-0.2, -0.15) is 0 Å². The fourth-order valence-electron chi connectivity index (χ4n) is 4.81. The summed E-state index contributed by atoms with van der Waals surface area (Å²) in [6.07, 6.45) is 7.38. The standard InChI is InChI=1S/C24H21N5OS/c25-21(30)18-11-14-5-1-2-6-16(14)13-29(18)23-20-17-8-3-9-19(17)31-24(20)28-22(27-23)15-7-4-10-26-12-15/h1-2,4-7,10,12,18H,3,8-9,11,13H2,(H2,25,30)/t18-/m0/s1. The predicted octanol–water partition coefficient (Wildman–Crippen LogP) is 3.66. The SMILES string of the molecule is NC(=O)[C@@H]1Cc2ccccc2CN1c1nc(-c2cccnc2)nc2sc3c(c12)CCC3. The Morgan fingerprint density at radius 1 is 1.10 bits per heavy atom. The Bertz CT molecular complexity index is 1320. The lowest BCUT2D eigenvalue weighted by Gasteiger charge is -2.36. The molecule has 0 bridgehead atoms. The highest BCUT2D eigenvalue weighted by atomic mass is 32.1. The Labute approximate surface area is 183 Å². The minimum Gasteiger partial charge on any atom is -0.368 e. The number of pyridine rings is 1. The van der Waals surface area contributed by atoms with Crippen LogP contribution in [0.15, 0.2) is 48.8 Å². The first-order valence-corrected chi connectivity index (χ1v) is 11.4. The van der Waals surface area contributed by atoms with Crippen LogP contribution in [0.25, 0.3) is 21.6 Å². The van der Waals surface area contributed by atoms with Crippen LogP contribution < -0.4 is 10.6 Å². The van der Waals surface area contributed by atoms with E-state index in [2.05, 4.69) is 22.0 Å². The fraction of sp³-hybridized carbons (Fsp3) is 0.250. The number of nitrogens with zero attached hydrogens (tertiary/aromatic N) is 4. The largest absolute Gasteiger partial charge is 0.368 e. The number of nitrogens with two attached hydrogens (primary N) is 1. The van der Waals surface area contributed by atoms with Crippen molar-refractivity contribution in [3.8, 4) is 11.4 Å². The number of hydrogen-bond donors (Lipinski definition) is 1. The number of rotatable bonds is 3. The summed E-state index contributed by atoms with van der Waals surface area (Å²) in [5.41, 5.74) is 10.5. The van der Waals surface area contributed by atoms with Crippen LogP contribution >= 0.6 is 11.3 Å². The minimum absolute atomic E-state index is 0.323. The number of primary amides is 1. The highest BCUT2D eigenvalue weighted by molar-refractivity contribution is 7.19. The molecule has 1 aromatic carbocycles. The molecule has 0 fully saturated rings. The zero-order valence-corrected chi connectivity index (χ0v) is 17.7. The van der Waals surface area contributed by atoms with Gasteiger partial charge in [0.25, 0.3) is 0 Å². The summed E-state index contributed by atoms with van der Waals surface area (Å²) in [6, 6.07) is 11.7. The van der Waals surface area contributed by atoms with E-state index in [9.17, 15) is 4.79 Å². The van der Waals surface area contributed by atoms with E-state index < -0.39 is 6.04 Å². The van der Waals surface area contributed by atoms with Crippen LogP contribution in [0.2, 0.25) is 0 Å². The molecule has 1 aliphatic carbocycles. The third-order valence-electron chi connectivity index (χ3n) is 6.31. The first kappa shape index (κ1) is 18.4. The number of benzene rings is 1. The van der Waals surface area contributed by atoms with Crippen LogP contribution in [-0.4, -0.2) is 26.9 Å². The molecule has 7 heteroatoms. The molecule has 31 heavy (non-hydrogen) atoms. The third-order valence-corrected chi connectivity index (χ3v) is 7.50. The molecule has 154 valence electrons. The highest BCUT2D eigenvalue weighted by Crippen LogP contribution is 2.43. The van der Waals surface area contributed by atoms with Crippen LogP contribution in [0, 0.1) is 0 Å². The van der Waals surface area contributed by atoms with Crippen molar-refractivity contribution in [3.63, 3.8) is 0 Å². The normalized spacial score (nSPS) is 17.5. The maximum Gasteiger partial charge on any atom is 0.240 e. The molecule has 2 N–H and O–H groups in total. The summed E-state index contributed by atoms with van der Waals surface area (Å²) in [5, 5.41) is 1.09. The van der Waals surface area contributed by atoms with E-state index in [0.29, 0.717) is 18.8 Å². The molecule has 4 heterocycles. The van der Waals surface area contributed by atoms with E-state index in [1.54, 1.807) is 23.7 Å². The van der Waals surface area contributed by atoms with Gasteiger partial charge in [0.05, 0.1) is 5.39 Å². The van der Waals surface area contributed by atoms with Crippen molar-refractivity contribution in [3.05, 3.63) is 70.4 Å². The fourth-order valence-corrected chi connectivity index (χ4v) is 6.06. The zero-order valence-electron chi connectivity index (χ0n) is 16.9. The molecule has 0 saturated heterocycles. The molecule has 6 rings (SSSR count). The molecular formula is C24H21N5OS. The topological polar surface area (TPSA) is 85.0 Å². The number of aryl methyl sites for hydroxylation is 2. The average molecular weight is 428 g/mol. The van der Waals surface area contributed by atoms with E-state index in [1.807, 2.05) is 24.3 Å². The second-order valence-electron chi connectivity index (χ2n) is 8.17. The lowest BCUT2D eigenvalue weighted by atomic mass is 9.93. The van der Waals surface area contributed by atoms with Crippen LogP contribution in [0.4, 0.5) is 5.82 Å². The molecule has 3 aromatic heterocycles. The Kier molecular flexibility index (Phi) is 4.24. The molecule has 6 nitrogen and oxygen atoms in total. The molecule has 2 aliphatic rings. The van der Waals surface area contributed by atoms with Gasteiger partial charge in [0.2, 0.25) is 5.91 Å². The van der Waals surface area contributed by atoms with Gasteiger partial charge in [0.15, 0.2) is 5.82 Å². The van der Waals surface area contributed by atoms with Gasteiger partial charge in [-0.05, 0) is 48.1 Å². The molecule has 0 unspecified atom stereocenters. The number of carbonyl (C=O) groups excluding carboxylic acids is 1. The molecule has 0 radical (unpaired) electrons. The van der Waals surface area contributed by atoms with Crippen molar-refractivity contribution >= 4 is 33.3 Å². The third kappa shape index (κ3) is 2.99. The smallest absolute Gasteiger partial charge is 0.240 e. The highest BCUT2D eigenvalue weighted by Gasteiger charge is 2.34. The first-order chi connectivity index (χ1) is 15.2. The summed E-state index contributed by atoms with van der Waals surface area (Å²) in [4.78, 5) is 31.2. The van der Waals surface area contributed by atoms with Crippen LogP contribution in [0.3, 0.4) is 0 Å². The summed E-state index contributed by atoms with van der Waals surface area (Å²) in [6.45, 7) is 0.604. The van der Waals surface area contributed by atoms with Crippen molar-refractivity contribution in [2.45, 2.75) is 38.3 Å². The lowest BCUT2D eigenvalue weighted by molar-refractivity contribution is -0.119. The summed E-state index contributed by atoms with van der Waals surface area (Å²) in [5.74, 6) is 1.13. The Morgan fingerprint density at radius 2 is 1.97 bits per heavy atom.